The van der Waals surface area contributed by atoms with Gasteiger partial charge in [-0.25, -0.2) is 13.8 Å². The molecule has 120 valence electrons. The number of carbonyl (C=O) groups excluding carboxylic acids is 1. The first-order valence-corrected chi connectivity index (χ1v) is 7.27. The Bertz CT molecular complexity index is 554. The molecule has 1 aromatic heterocycles. The van der Waals surface area contributed by atoms with Gasteiger partial charge < -0.3 is 14.5 Å². The van der Waals surface area contributed by atoms with Crippen molar-refractivity contribution in [3.05, 3.63) is 12.3 Å². The Hall–Kier alpha value is -1.99. The van der Waals surface area contributed by atoms with Crippen LogP contribution >= 0.6 is 0 Å². The van der Waals surface area contributed by atoms with Crippen molar-refractivity contribution in [1.29, 1.82) is 0 Å². The van der Waals surface area contributed by atoms with E-state index in [1.54, 1.807) is 17.2 Å². The summed E-state index contributed by atoms with van der Waals surface area (Å²) in [6.45, 7) is 1.30. The summed E-state index contributed by atoms with van der Waals surface area (Å²) in [6, 6.07) is 1.65. The molecular formula is C14H18F2N4O2. The predicted molar refractivity (Wildman–Crippen MR) is 75.0 cm³/mol. The minimum Gasteiger partial charge on any atom is -0.481 e. The lowest BCUT2D eigenvalue weighted by molar-refractivity contribution is -0.142. The zero-order valence-corrected chi connectivity index (χ0v) is 12.3. The van der Waals surface area contributed by atoms with Gasteiger partial charge in [0.15, 0.2) is 0 Å². The normalized spacial score (nSPS) is 21.4. The van der Waals surface area contributed by atoms with Gasteiger partial charge in [-0.05, 0) is 0 Å². The summed E-state index contributed by atoms with van der Waals surface area (Å²) in [6.07, 6.45) is 1.12. The lowest BCUT2D eigenvalue weighted by atomic mass is 9.97. The highest BCUT2D eigenvalue weighted by Gasteiger charge is 2.41. The van der Waals surface area contributed by atoms with E-state index in [9.17, 15) is 13.6 Å². The van der Waals surface area contributed by atoms with Gasteiger partial charge in [-0.15, -0.1) is 0 Å². The summed E-state index contributed by atoms with van der Waals surface area (Å²) in [7, 11) is 1.53. The number of methoxy groups -OCH3 is 1. The van der Waals surface area contributed by atoms with Crippen molar-refractivity contribution >= 4 is 11.9 Å². The van der Waals surface area contributed by atoms with Gasteiger partial charge in [-0.1, -0.05) is 0 Å². The van der Waals surface area contributed by atoms with Crippen molar-refractivity contribution < 1.29 is 18.3 Å². The fourth-order valence-corrected chi connectivity index (χ4v) is 2.71. The van der Waals surface area contributed by atoms with Crippen LogP contribution in [0.25, 0.3) is 0 Å². The zero-order valence-electron chi connectivity index (χ0n) is 12.3. The van der Waals surface area contributed by atoms with Crippen LogP contribution in [-0.2, 0) is 4.79 Å². The minimum absolute atomic E-state index is 0.0466. The fraction of sp³-hybridized carbons (Fsp3) is 0.643. The van der Waals surface area contributed by atoms with E-state index < -0.39 is 5.92 Å². The molecule has 22 heavy (non-hydrogen) atoms. The summed E-state index contributed by atoms with van der Waals surface area (Å²) in [5.41, 5.74) is 0. The number of aromatic nitrogens is 2. The van der Waals surface area contributed by atoms with Gasteiger partial charge >= 0.3 is 0 Å². The topological polar surface area (TPSA) is 58.6 Å². The summed E-state index contributed by atoms with van der Waals surface area (Å²) < 4.78 is 31.3. The van der Waals surface area contributed by atoms with Gasteiger partial charge in [0.25, 0.3) is 5.92 Å². The molecule has 1 aromatic rings. The average Bonchev–Trinajstić information content (AvgIpc) is 2.46. The van der Waals surface area contributed by atoms with Crippen molar-refractivity contribution in [2.75, 3.05) is 38.2 Å². The summed E-state index contributed by atoms with van der Waals surface area (Å²) in [4.78, 5) is 24.1. The number of rotatable bonds is 3. The third kappa shape index (κ3) is 2.95. The van der Waals surface area contributed by atoms with E-state index in [4.69, 9.17) is 4.74 Å². The average molecular weight is 312 g/mol. The SMILES string of the molecule is COc1ccnc(N2CC(C(=O)N3CCC(F)(F)CC3)C2)n1. The minimum atomic E-state index is -2.63. The van der Waals surface area contributed by atoms with Crippen LogP contribution in [0.5, 0.6) is 5.88 Å². The number of carbonyl (C=O) groups is 1. The van der Waals surface area contributed by atoms with E-state index in [0.717, 1.165) is 0 Å². The van der Waals surface area contributed by atoms with Crippen molar-refractivity contribution in [1.82, 2.24) is 14.9 Å². The molecular weight excluding hydrogens is 294 g/mol. The standard InChI is InChI=1S/C14H18F2N4O2/c1-22-11-2-5-17-13(18-11)20-8-10(9-20)12(21)19-6-3-14(15,16)4-7-19/h2,5,10H,3-4,6-9H2,1H3. The Labute approximate surface area is 127 Å². The van der Waals surface area contributed by atoms with Gasteiger partial charge in [0, 0.05) is 51.3 Å². The summed E-state index contributed by atoms with van der Waals surface area (Å²) in [5.74, 6) is -1.85. The molecule has 2 aliphatic heterocycles. The van der Waals surface area contributed by atoms with Gasteiger partial charge in [0.2, 0.25) is 17.7 Å². The van der Waals surface area contributed by atoms with Crippen molar-refractivity contribution in [3.8, 4) is 5.88 Å². The monoisotopic (exact) mass is 312 g/mol. The molecule has 0 unspecified atom stereocenters. The Balaban J connectivity index is 1.53. The molecule has 0 saturated carbocycles. The van der Waals surface area contributed by atoms with Crippen molar-refractivity contribution in [2.45, 2.75) is 18.8 Å². The molecule has 0 atom stereocenters. The van der Waals surface area contributed by atoms with Crippen LogP contribution in [-0.4, -0.2) is 60.0 Å². The van der Waals surface area contributed by atoms with E-state index in [2.05, 4.69) is 9.97 Å². The maximum Gasteiger partial charge on any atom is 0.251 e. The van der Waals surface area contributed by atoms with E-state index >= 15 is 0 Å². The third-order valence-electron chi connectivity index (χ3n) is 4.15. The second-order valence-electron chi connectivity index (χ2n) is 5.68. The highest BCUT2D eigenvalue weighted by atomic mass is 19.3. The van der Waals surface area contributed by atoms with Crippen molar-refractivity contribution in [3.63, 3.8) is 0 Å². The number of hydrogen-bond donors (Lipinski definition) is 0. The molecule has 1 amide bonds. The molecule has 0 radical (unpaired) electrons. The molecule has 2 saturated heterocycles. The lowest BCUT2D eigenvalue weighted by Crippen LogP contribution is -2.56. The Morgan fingerprint density at radius 2 is 2.05 bits per heavy atom. The molecule has 3 rings (SSSR count). The fourth-order valence-electron chi connectivity index (χ4n) is 2.71. The van der Waals surface area contributed by atoms with Crippen LogP contribution in [0.3, 0.4) is 0 Å². The molecule has 0 aliphatic carbocycles. The Morgan fingerprint density at radius 1 is 1.36 bits per heavy atom. The Morgan fingerprint density at radius 3 is 2.68 bits per heavy atom. The van der Waals surface area contributed by atoms with E-state index in [0.29, 0.717) is 24.9 Å². The molecule has 8 heteroatoms. The number of amides is 1. The molecule has 0 bridgehead atoms. The first-order chi connectivity index (χ1) is 10.5. The largest absolute Gasteiger partial charge is 0.481 e. The lowest BCUT2D eigenvalue weighted by Gasteiger charge is -2.42. The third-order valence-corrected chi connectivity index (χ3v) is 4.15. The predicted octanol–water partition coefficient (Wildman–Crippen LogP) is 1.18. The highest BCUT2D eigenvalue weighted by Crippen LogP contribution is 2.30. The van der Waals surface area contributed by atoms with Crippen LogP contribution in [0.4, 0.5) is 14.7 Å². The molecule has 0 aromatic carbocycles. The van der Waals surface area contributed by atoms with Gasteiger partial charge in [0.05, 0.1) is 13.0 Å². The highest BCUT2D eigenvalue weighted by molar-refractivity contribution is 5.81. The van der Waals surface area contributed by atoms with Crippen molar-refractivity contribution in [2.24, 2.45) is 5.92 Å². The Kier molecular flexibility index (Phi) is 3.84. The number of hydrogen-bond acceptors (Lipinski definition) is 5. The quantitative estimate of drug-likeness (QED) is 0.839. The van der Waals surface area contributed by atoms with Crippen LogP contribution in [0.1, 0.15) is 12.8 Å². The first kappa shape index (κ1) is 14.9. The molecule has 0 N–H and O–H groups in total. The van der Waals surface area contributed by atoms with Crippen LogP contribution in [0.15, 0.2) is 12.3 Å². The second-order valence-corrected chi connectivity index (χ2v) is 5.68. The number of piperidine rings is 1. The maximum atomic E-state index is 13.1. The summed E-state index contributed by atoms with van der Waals surface area (Å²) in [5, 5.41) is 0. The molecule has 0 spiro atoms. The van der Waals surface area contributed by atoms with Gasteiger partial charge in [0.1, 0.15) is 0 Å². The zero-order chi connectivity index (χ0) is 15.7. The number of alkyl halides is 2. The smallest absolute Gasteiger partial charge is 0.251 e. The summed E-state index contributed by atoms with van der Waals surface area (Å²) >= 11 is 0. The van der Waals surface area contributed by atoms with Crippen LogP contribution < -0.4 is 9.64 Å². The maximum absolute atomic E-state index is 13.1. The first-order valence-electron chi connectivity index (χ1n) is 7.27. The molecule has 6 nitrogen and oxygen atoms in total. The van der Waals surface area contributed by atoms with Crippen LogP contribution in [0, 0.1) is 5.92 Å². The van der Waals surface area contributed by atoms with E-state index in [1.807, 2.05) is 4.90 Å². The van der Waals surface area contributed by atoms with E-state index in [-0.39, 0.29) is 37.8 Å². The molecule has 3 heterocycles. The van der Waals surface area contributed by atoms with E-state index in [1.165, 1.54) is 7.11 Å². The van der Waals surface area contributed by atoms with Gasteiger partial charge in [-0.3, -0.25) is 4.79 Å². The number of ether oxygens (including phenoxy) is 1. The molecule has 2 fully saturated rings. The molecule has 2 aliphatic rings. The number of nitrogens with zero attached hydrogens (tertiary/aromatic N) is 4. The second kappa shape index (κ2) is 5.66. The number of likely N-dealkylation sites (tertiary alicyclic amines) is 1. The number of anilines is 1. The van der Waals surface area contributed by atoms with Gasteiger partial charge in [-0.2, -0.15) is 4.98 Å². The number of halogens is 2. The van der Waals surface area contributed by atoms with Crippen LogP contribution in [0.2, 0.25) is 0 Å².